The van der Waals surface area contributed by atoms with Crippen molar-refractivity contribution >= 4 is 5.69 Å². The zero-order valence-corrected chi connectivity index (χ0v) is 7.46. The molecule has 1 aromatic rings. The fourth-order valence-corrected chi connectivity index (χ4v) is 0.936. The molecule has 2 heteroatoms. The molecule has 0 radical (unpaired) electrons. The van der Waals surface area contributed by atoms with E-state index in [1.807, 2.05) is 24.3 Å². The fourth-order valence-electron chi connectivity index (χ4n) is 0.936. The molecule has 0 amide bonds. The number of unbranched alkanes of at least 4 members (excludes halogenated alkanes) is 1. The molecule has 3 N–H and O–H groups in total. The minimum absolute atomic E-state index is 0.193. The van der Waals surface area contributed by atoms with E-state index in [4.69, 9.17) is 10.8 Å². The summed E-state index contributed by atoms with van der Waals surface area (Å²) in [6.07, 6.45) is 1.44. The summed E-state index contributed by atoms with van der Waals surface area (Å²) < 4.78 is 0. The SMILES string of the molecule is Nc1ccccc1C#CCCCO. The van der Waals surface area contributed by atoms with Crippen LogP contribution in [0.2, 0.25) is 0 Å². The average Bonchev–Trinajstić information content (AvgIpc) is 2.15. The van der Waals surface area contributed by atoms with Crippen molar-refractivity contribution < 1.29 is 5.11 Å². The number of hydrogen-bond donors (Lipinski definition) is 2. The highest BCUT2D eigenvalue weighted by Crippen LogP contribution is 2.07. The molecule has 0 saturated carbocycles. The number of aliphatic hydroxyl groups is 1. The number of aliphatic hydroxyl groups excluding tert-OH is 1. The first-order chi connectivity index (χ1) is 6.34. The van der Waals surface area contributed by atoms with Gasteiger partial charge < -0.3 is 10.8 Å². The van der Waals surface area contributed by atoms with E-state index in [-0.39, 0.29) is 6.61 Å². The Hall–Kier alpha value is -1.46. The molecule has 0 aromatic heterocycles. The molecular formula is C11H13NO. The van der Waals surface area contributed by atoms with Gasteiger partial charge in [-0.2, -0.15) is 0 Å². The molecule has 0 spiro atoms. The van der Waals surface area contributed by atoms with E-state index < -0.39 is 0 Å². The van der Waals surface area contributed by atoms with Crippen LogP contribution in [0, 0.1) is 11.8 Å². The van der Waals surface area contributed by atoms with Crippen LogP contribution in [-0.4, -0.2) is 11.7 Å². The monoisotopic (exact) mass is 175 g/mol. The Morgan fingerprint density at radius 2 is 2.08 bits per heavy atom. The lowest BCUT2D eigenvalue weighted by Crippen LogP contribution is -1.88. The maximum Gasteiger partial charge on any atom is 0.0474 e. The number of nitrogen functional groups attached to an aromatic ring is 1. The highest BCUT2D eigenvalue weighted by atomic mass is 16.2. The van der Waals surface area contributed by atoms with E-state index >= 15 is 0 Å². The lowest BCUT2D eigenvalue weighted by atomic mass is 10.2. The van der Waals surface area contributed by atoms with Crippen LogP contribution in [0.3, 0.4) is 0 Å². The molecule has 13 heavy (non-hydrogen) atoms. The molecule has 1 aromatic carbocycles. The van der Waals surface area contributed by atoms with Crippen LogP contribution in [0.5, 0.6) is 0 Å². The van der Waals surface area contributed by atoms with E-state index in [1.54, 1.807) is 0 Å². The Labute approximate surface area is 78.4 Å². The van der Waals surface area contributed by atoms with E-state index in [1.165, 1.54) is 0 Å². The molecule has 0 unspecified atom stereocenters. The van der Waals surface area contributed by atoms with Gasteiger partial charge in [-0.1, -0.05) is 24.0 Å². The van der Waals surface area contributed by atoms with Crippen molar-refractivity contribution in [3.63, 3.8) is 0 Å². The molecule has 2 nitrogen and oxygen atoms in total. The zero-order chi connectivity index (χ0) is 9.52. The van der Waals surface area contributed by atoms with Crippen molar-refractivity contribution in [1.29, 1.82) is 0 Å². The Balaban J connectivity index is 2.61. The predicted octanol–water partition coefficient (Wildman–Crippen LogP) is 1.39. The molecule has 0 heterocycles. The lowest BCUT2D eigenvalue weighted by molar-refractivity contribution is 0.290. The van der Waals surface area contributed by atoms with Crippen LogP contribution in [0.15, 0.2) is 24.3 Å². The largest absolute Gasteiger partial charge is 0.398 e. The summed E-state index contributed by atoms with van der Waals surface area (Å²) in [6.45, 7) is 0.193. The summed E-state index contributed by atoms with van der Waals surface area (Å²) in [5, 5.41) is 8.53. The van der Waals surface area contributed by atoms with Gasteiger partial charge in [0, 0.05) is 24.3 Å². The third-order valence-electron chi connectivity index (χ3n) is 1.64. The summed E-state index contributed by atoms with van der Waals surface area (Å²) in [5.74, 6) is 5.92. The molecule has 0 bridgehead atoms. The van der Waals surface area contributed by atoms with Gasteiger partial charge in [0.05, 0.1) is 0 Å². The third-order valence-corrected chi connectivity index (χ3v) is 1.64. The molecule has 68 valence electrons. The van der Waals surface area contributed by atoms with Crippen molar-refractivity contribution in [3.8, 4) is 11.8 Å². The van der Waals surface area contributed by atoms with Gasteiger partial charge in [-0.25, -0.2) is 0 Å². The van der Waals surface area contributed by atoms with Gasteiger partial charge in [-0.3, -0.25) is 0 Å². The molecular weight excluding hydrogens is 162 g/mol. The molecule has 0 aliphatic heterocycles. The summed E-state index contributed by atoms with van der Waals surface area (Å²) in [5.41, 5.74) is 7.25. The Morgan fingerprint density at radius 3 is 2.77 bits per heavy atom. The van der Waals surface area contributed by atoms with Crippen LogP contribution in [-0.2, 0) is 0 Å². The van der Waals surface area contributed by atoms with Crippen LogP contribution in [0.1, 0.15) is 18.4 Å². The lowest BCUT2D eigenvalue weighted by Gasteiger charge is -1.94. The first kappa shape index (κ1) is 9.63. The van der Waals surface area contributed by atoms with Crippen molar-refractivity contribution in [1.82, 2.24) is 0 Å². The molecule has 0 aliphatic carbocycles. The summed E-state index contributed by atoms with van der Waals surface area (Å²) in [4.78, 5) is 0. The maximum absolute atomic E-state index is 8.53. The molecule has 1 rings (SSSR count). The molecule has 0 fully saturated rings. The number of para-hydroxylation sites is 1. The Morgan fingerprint density at radius 1 is 1.31 bits per heavy atom. The Kier molecular flexibility index (Phi) is 3.87. The second kappa shape index (κ2) is 5.23. The molecule has 0 saturated heterocycles. The molecule has 0 aliphatic rings. The fraction of sp³-hybridized carbons (Fsp3) is 0.273. The summed E-state index contributed by atoms with van der Waals surface area (Å²) >= 11 is 0. The van der Waals surface area contributed by atoms with Gasteiger partial charge in [0.25, 0.3) is 0 Å². The van der Waals surface area contributed by atoms with Crippen molar-refractivity contribution in [2.45, 2.75) is 12.8 Å². The van der Waals surface area contributed by atoms with Gasteiger partial charge in [0.15, 0.2) is 0 Å². The van der Waals surface area contributed by atoms with Gasteiger partial charge in [-0.05, 0) is 18.6 Å². The zero-order valence-electron chi connectivity index (χ0n) is 7.46. The van der Waals surface area contributed by atoms with Gasteiger partial charge in [0.1, 0.15) is 0 Å². The van der Waals surface area contributed by atoms with Gasteiger partial charge in [-0.15, -0.1) is 0 Å². The maximum atomic E-state index is 8.53. The summed E-state index contributed by atoms with van der Waals surface area (Å²) in [6, 6.07) is 7.51. The Bertz CT molecular complexity index is 322. The van der Waals surface area contributed by atoms with Crippen molar-refractivity contribution in [2.24, 2.45) is 0 Å². The minimum atomic E-state index is 0.193. The van der Waals surface area contributed by atoms with E-state index in [2.05, 4.69) is 11.8 Å². The van der Waals surface area contributed by atoms with Crippen LogP contribution >= 0.6 is 0 Å². The number of rotatable bonds is 2. The van der Waals surface area contributed by atoms with Crippen LogP contribution < -0.4 is 5.73 Å². The number of anilines is 1. The van der Waals surface area contributed by atoms with E-state index in [9.17, 15) is 0 Å². The summed E-state index contributed by atoms with van der Waals surface area (Å²) in [7, 11) is 0. The highest BCUT2D eigenvalue weighted by molar-refractivity contribution is 5.55. The van der Waals surface area contributed by atoms with E-state index in [0.717, 1.165) is 12.0 Å². The number of hydrogen-bond acceptors (Lipinski definition) is 2. The predicted molar refractivity (Wildman–Crippen MR) is 54.1 cm³/mol. The van der Waals surface area contributed by atoms with Gasteiger partial charge in [0.2, 0.25) is 0 Å². The smallest absolute Gasteiger partial charge is 0.0474 e. The first-order valence-electron chi connectivity index (χ1n) is 4.29. The van der Waals surface area contributed by atoms with Crippen LogP contribution in [0.4, 0.5) is 5.69 Å². The normalized spacial score (nSPS) is 9.00. The third kappa shape index (κ3) is 3.18. The quantitative estimate of drug-likeness (QED) is 0.405. The van der Waals surface area contributed by atoms with Gasteiger partial charge >= 0.3 is 0 Å². The topological polar surface area (TPSA) is 46.2 Å². The average molecular weight is 175 g/mol. The van der Waals surface area contributed by atoms with E-state index in [0.29, 0.717) is 12.1 Å². The van der Waals surface area contributed by atoms with Crippen LogP contribution in [0.25, 0.3) is 0 Å². The molecule has 0 atom stereocenters. The number of benzene rings is 1. The second-order valence-electron chi connectivity index (χ2n) is 2.72. The first-order valence-corrected chi connectivity index (χ1v) is 4.29. The highest BCUT2D eigenvalue weighted by Gasteiger charge is 1.90. The van der Waals surface area contributed by atoms with Crippen molar-refractivity contribution in [2.75, 3.05) is 12.3 Å². The number of nitrogens with two attached hydrogens (primary N) is 1. The van der Waals surface area contributed by atoms with Crippen molar-refractivity contribution in [3.05, 3.63) is 29.8 Å². The standard InChI is InChI=1S/C11H13NO/c12-11-8-4-3-7-10(11)6-2-1-5-9-13/h3-4,7-8,13H,1,5,9,12H2. The second-order valence-corrected chi connectivity index (χ2v) is 2.72. The minimum Gasteiger partial charge on any atom is -0.398 e.